The first-order valence-electron chi connectivity index (χ1n) is 11.3. The molecule has 0 unspecified atom stereocenters. The zero-order valence-electron chi connectivity index (χ0n) is 18.7. The number of quaternary nitrogens is 1. The predicted octanol–water partition coefficient (Wildman–Crippen LogP) is 2.54. The SMILES string of the molecule is COc1ccc(-c2cnc3nc(N)nc([N+]4(C5CCCC5)CCNCC4)c3n2)cc1OC. The number of nitrogens with one attached hydrogen (secondary N) is 1. The van der Waals surface area contributed by atoms with Gasteiger partial charge in [0.1, 0.15) is 0 Å². The molecule has 0 bridgehead atoms. The number of nitrogens with zero attached hydrogens (tertiary/aromatic N) is 5. The fourth-order valence-electron chi connectivity index (χ4n) is 5.30. The summed E-state index contributed by atoms with van der Waals surface area (Å²) in [6, 6.07) is 6.28. The fraction of sp³-hybridized carbons (Fsp3) is 0.478. The number of nitrogen functional groups attached to an aromatic ring is 1. The number of nitrogens with two attached hydrogens (primary N) is 1. The highest BCUT2D eigenvalue weighted by Gasteiger charge is 2.45. The molecule has 1 saturated carbocycles. The van der Waals surface area contributed by atoms with Gasteiger partial charge in [0.25, 0.3) is 5.82 Å². The Morgan fingerprint density at radius 1 is 1.00 bits per heavy atom. The van der Waals surface area contributed by atoms with E-state index in [0.717, 1.165) is 53.3 Å². The third kappa shape index (κ3) is 3.51. The average molecular weight is 437 g/mol. The number of rotatable bonds is 5. The molecule has 32 heavy (non-hydrogen) atoms. The van der Waals surface area contributed by atoms with E-state index >= 15 is 0 Å². The third-order valence-electron chi connectivity index (χ3n) is 6.91. The molecule has 1 aliphatic carbocycles. The van der Waals surface area contributed by atoms with Crippen molar-refractivity contribution >= 4 is 22.9 Å². The largest absolute Gasteiger partial charge is 0.493 e. The van der Waals surface area contributed by atoms with Gasteiger partial charge in [0.05, 0.1) is 45.2 Å². The summed E-state index contributed by atoms with van der Waals surface area (Å²) in [7, 11) is 3.25. The Kier molecular flexibility index (Phi) is 5.52. The lowest BCUT2D eigenvalue weighted by Gasteiger charge is -2.44. The summed E-state index contributed by atoms with van der Waals surface area (Å²) in [6.45, 7) is 3.84. The van der Waals surface area contributed by atoms with Crippen molar-refractivity contribution in [2.24, 2.45) is 0 Å². The van der Waals surface area contributed by atoms with Gasteiger partial charge in [-0.3, -0.25) is 4.48 Å². The number of anilines is 1. The van der Waals surface area contributed by atoms with Gasteiger partial charge in [-0.2, -0.15) is 9.97 Å². The van der Waals surface area contributed by atoms with E-state index in [-0.39, 0.29) is 5.95 Å². The standard InChI is InChI=1S/C23H30N7O2/c1-31-18-8-7-15(13-19(18)32-2)17-14-26-21-20(27-17)22(29-23(24)28-21)30(11-9-25-10-12-30)16-5-3-4-6-16/h7-8,13-14,16,25H,3-6,9-12H2,1-2H3,(H2,24,26,28,29)/q+1. The summed E-state index contributed by atoms with van der Waals surface area (Å²) in [5.41, 5.74) is 9.08. The van der Waals surface area contributed by atoms with E-state index in [0.29, 0.717) is 23.2 Å². The third-order valence-corrected chi connectivity index (χ3v) is 6.91. The Hall–Kier alpha value is -3.04. The fourth-order valence-corrected chi connectivity index (χ4v) is 5.30. The topological polar surface area (TPSA) is 108 Å². The molecule has 9 heteroatoms. The van der Waals surface area contributed by atoms with Crippen LogP contribution in [0.15, 0.2) is 24.4 Å². The molecular weight excluding hydrogens is 406 g/mol. The van der Waals surface area contributed by atoms with E-state index in [4.69, 9.17) is 25.2 Å². The molecule has 2 fully saturated rings. The molecule has 0 radical (unpaired) electrons. The Bertz CT molecular complexity index is 1120. The van der Waals surface area contributed by atoms with Crippen molar-refractivity contribution in [2.45, 2.75) is 31.7 Å². The maximum Gasteiger partial charge on any atom is 0.261 e. The van der Waals surface area contributed by atoms with Crippen molar-refractivity contribution in [1.82, 2.24) is 29.7 Å². The normalized spacial score (nSPS) is 18.7. The van der Waals surface area contributed by atoms with E-state index in [2.05, 4.69) is 15.3 Å². The monoisotopic (exact) mass is 436 g/mol. The molecule has 5 rings (SSSR count). The summed E-state index contributed by atoms with van der Waals surface area (Å²) < 4.78 is 11.7. The van der Waals surface area contributed by atoms with Gasteiger partial charge < -0.3 is 20.5 Å². The number of aromatic nitrogens is 4. The molecule has 1 saturated heterocycles. The molecule has 0 spiro atoms. The number of piperazine rings is 1. The maximum atomic E-state index is 6.16. The Labute approximate surface area is 187 Å². The summed E-state index contributed by atoms with van der Waals surface area (Å²) in [4.78, 5) is 18.9. The molecule has 1 aromatic carbocycles. The number of ether oxygens (including phenoxy) is 2. The summed E-state index contributed by atoms with van der Waals surface area (Å²) in [5, 5.41) is 3.50. The molecule has 1 aliphatic heterocycles. The van der Waals surface area contributed by atoms with Crippen LogP contribution in [0.4, 0.5) is 11.8 Å². The number of hydrogen-bond acceptors (Lipinski definition) is 8. The molecule has 168 valence electrons. The van der Waals surface area contributed by atoms with Crippen LogP contribution in [0.2, 0.25) is 0 Å². The summed E-state index contributed by atoms with van der Waals surface area (Å²) in [5.74, 6) is 2.50. The van der Waals surface area contributed by atoms with Crippen molar-refractivity contribution < 1.29 is 9.47 Å². The van der Waals surface area contributed by atoms with Crippen LogP contribution in [0.1, 0.15) is 25.7 Å². The first-order chi connectivity index (χ1) is 15.6. The molecule has 3 heterocycles. The molecule has 2 aromatic heterocycles. The van der Waals surface area contributed by atoms with Crippen LogP contribution in [-0.4, -0.2) is 66.4 Å². The predicted molar refractivity (Wildman–Crippen MR) is 125 cm³/mol. The minimum atomic E-state index is 0.259. The molecule has 3 N–H and O–H groups in total. The van der Waals surface area contributed by atoms with Gasteiger partial charge in [-0.1, -0.05) is 0 Å². The van der Waals surface area contributed by atoms with Gasteiger partial charge in [0.2, 0.25) is 5.95 Å². The highest BCUT2D eigenvalue weighted by molar-refractivity contribution is 5.85. The Morgan fingerprint density at radius 2 is 1.75 bits per heavy atom. The average Bonchev–Trinajstić information content (AvgIpc) is 3.39. The number of fused-ring (bicyclic) bond motifs is 1. The van der Waals surface area contributed by atoms with Crippen molar-refractivity contribution in [3.05, 3.63) is 24.4 Å². The van der Waals surface area contributed by atoms with Crippen LogP contribution in [0.3, 0.4) is 0 Å². The minimum absolute atomic E-state index is 0.259. The van der Waals surface area contributed by atoms with Gasteiger partial charge in [0, 0.05) is 18.7 Å². The van der Waals surface area contributed by atoms with Crippen molar-refractivity contribution in [3.8, 4) is 22.8 Å². The van der Waals surface area contributed by atoms with E-state index < -0.39 is 0 Å². The number of hydrogen-bond donors (Lipinski definition) is 2. The second-order valence-electron chi connectivity index (χ2n) is 8.57. The lowest BCUT2D eigenvalue weighted by molar-refractivity contribution is 0.174. The van der Waals surface area contributed by atoms with E-state index in [9.17, 15) is 0 Å². The quantitative estimate of drug-likeness (QED) is 0.588. The molecule has 9 nitrogen and oxygen atoms in total. The summed E-state index contributed by atoms with van der Waals surface area (Å²) in [6.07, 6.45) is 6.66. The Balaban J connectivity index is 1.68. The van der Waals surface area contributed by atoms with E-state index in [1.165, 1.54) is 25.7 Å². The van der Waals surface area contributed by atoms with Crippen LogP contribution >= 0.6 is 0 Å². The van der Waals surface area contributed by atoms with Crippen LogP contribution in [0.25, 0.3) is 22.4 Å². The van der Waals surface area contributed by atoms with E-state index in [1.54, 1.807) is 20.4 Å². The lowest BCUT2D eigenvalue weighted by atomic mass is 10.1. The number of methoxy groups -OCH3 is 2. The van der Waals surface area contributed by atoms with Crippen LogP contribution < -0.4 is 25.0 Å². The van der Waals surface area contributed by atoms with Gasteiger partial charge in [-0.15, -0.1) is 0 Å². The molecule has 0 amide bonds. The first kappa shape index (κ1) is 20.8. The smallest absolute Gasteiger partial charge is 0.261 e. The second kappa shape index (κ2) is 8.48. The zero-order valence-corrected chi connectivity index (χ0v) is 18.7. The van der Waals surface area contributed by atoms with Crippen LogP contribution in [-0.2, 0) is 0 Å². The van der Waals surface area contributed by atoms with Crippen LogP contribution in [0, 0.1) is 0 Å². The van der Waals surface area contributed by atoms with Crippen molar-refractivity contribution in [2.75, 3.05) is 46.1 Å². The van der Waals surface area contributed by atoms with Gasteiger partial charge >= 0.3 is 0 Å². The Morgan fingerprint density at radius 3 is 2.47 bits per heavy atom. The van der Waals surface area contributed by atoms with Gasteiger partial charge in [-0.05, 0) is 43.9 Å². The zero-order chi connectivity index (χ0) is 22.1. The highest BCUT2D eigenvalue weighted by Crippen LogP contribution is 2.39. The van der Waals surface area contributed by atoms with Gasteiger partial charge in [0.15, 0.2) is 22.7 Å². The molecular formula is C23H30N7O2+. The van der Waals surface area contributed by atoms with Crippen LogP contribution in [0.5, 0.6) is 11.5 Å². The van der Waals surface area contributed by atoms with Crippen molar-refractivity contribution in [3.63, 3.8) is 0 Å². The second-order valence-corrected chi connectivity index (χ2v) is 8.57. The first-order valence-corrected chi connectivity index (χ1v) is 11.3. The maximum absolute atomic E-state index is 6.16. The van der Waals surface area contributed by atoms with E-state index in [1.807, 2.05) is 18.2 Å². The molecule has 3 aromatic rings. The lowest BCUT2D eigenvalue weighted by Crippen LogP contribution is -2.64. The minimum Gasteiger partial charge on any atom is -0.493 e. The number of benzene rings is 1. The highest BCUT2D eigenvalue weighted by atomic mass is 16.5. The van der Waals surface area contributed by atoms with Crippen molar-refractivity contribution in [1.29, 1.82) is 0 Å². The summed E-state index contributed by atoms with van der Waals surface area (Å²) >= 11 is 0. The van der Waals surface area contributed by atoms with Gasteiger partial charge in [-0.25, -0.2) is 9.97 Å². The molecule has 0 atom stereocenters. The molecule has 2 aliphatic rings.